The fraction of sp³-hybridized carbons (Fsp3) is 1.00. The van der Waals surface area contributed by atoms with Gasteiger partial charge in [-0.05, 0) is 38.3 Å². The SMILES string of the molecule is CCCCNCC1CC(C)CCN1. The summed E-state index contributed by atoms with van der Waals surface area (Å²) in [6.07, 6.45) is 5.30. The van der Waals surface area contributed by atoms with E-state index in [1.807, 2.05) is 0 Å². The molecular weight excluding hydrogens is 160 g/mol. The number of unbranched alkanes of at least 4 members (excludes halogenated alkanes) is 1. The van der Waals surface area contributed by atoms with Crippen LogP contribution < -0.4 is 10.6 Å². The molecular formula is C11H24N2. The molecule has 1 rings (SSSR count). The van der Waals surface area contributed by atoms with Gasteiger partial charge in [-0.15, -0.1) is 0 Å². The van der Waals surface area contributed by atoms with Crippen molar-refractivity contribution in [3.05, 3.63) is 0 Å². The molecule has 0 spiro atoms. The predicted molar refractivity (Wildman–Crippen MR) is 58.0 cm³/mol. The van der Waals surface area contributed by atoms with E-state index in [1.54, 1.807) is 0 Å². The van der Waals surface area contributed by atoms with E-state index in [0.29, 0.717) is 0 Å². The fourth-order valence-electron chi connectivity index (χ4n) is 1.95. The van der Waals surface area contributed by atoms with Crippen LogP contribution in [-0.2, 0) is 0 Å². The van der Waals surface area contributed by atoms with E-state index in [-0.39, 0.29) is 0 Å². The highest BCUT2D eigenvalue weighted by atomic mass is 15.0. The number of piperidine rings is 1. The monoisotopic (exact) mass is 184 g/mol. The smallest absolute Gasteiger partial charge is 0.0195 e. The summed E-state index contributed by atoms with van der Waals surface area (Å²) in [5.41, 5.74) is 0. The number of hydrogen-bond acceptors (Lipinski definition) is 2. The zero-order valence-electron chi connectivity index (χ0n) is 9.10. The second kappa shape index (κ2) is 6.39. The van der Waals surface area contributed by atoms with Gasteiger partial charge in [0.15, 0.2) is 0 Å². The summed E-state index contributed by atoms with van der Waals surface area (Å²) in [6, 6.07) is 0.723. The zero-order valence-corrected chi connectivity index (χ0v) is 9.10. The van der Waals surface area contributed by atoms with Crippen LogP contribution in [0.25, 0.3) is 0 Å². The van der Waals surface area contributed by atoms with E-state index in [4.69, 9.17) is 0 Å². The fourth-order valence-corrected chi connectivity index (χ4v) is 1.95. The summed E-state index contributed by atoms with van der Waals surface area (Å²) in [6.45, 7) is 8.15. The van der Waals surface area contributed by atoms with Gasteiger partial charge in [-0.2, -0.15) is 0 Å². The van der Waals surface area contributed by atoms with Crippen molar-refractivity contribution in [2.24, 2.45) is 5.92 Å². The van der Waals surface area contributed by atoms with Crippen molar-refractivity contribution in [1.29, 1.82) is 0 Å². The average molecular weight is 184 g/mol. The highest BCUT2D eigenvalue weighted by molar-refractivity contribution is 4.77. The Balaban J connectivity index is 2.00. The molecule has 1 saturated heterocycles. The number of nitrogens with one attached hydrogen (secondary N) is 2. The molecule has 1 aliphatic heterocycles. The summed E-state index contributed by atoms with van der Waals surface area (Å²) in [5.74, 6) is 0.916. The van der Waals surface area contributed by atoms with Gasteiger partial charge in [0, 0.05) is 12.6 Å². The second-order valence-electron chi connectivity index (χ2n) is 4.34. The van der Waals surface area contributed by atoms with Crippen LogP contribution in [0.5, 0.6) is 0 Å². The first-order valence-electron chi connectivity index (χ1n) is 5.77. The van der Waals surface area contributed by atoms with Gasteiger partial charge in [0.05, 0.1) is 0 Å². The third-order valence-electron chi connectivity index (χ3n) is 2.85. The molecule has 2 nitrogen and oxygen atoms in total. The maximum absolute atomic E-state index is 3.56. The van der Waals surface area contributed by atoms with Crippen LogP contribution in [0.4, 0.5) is 0 Å². The highest BCUT2D eigenvalue weighted by Gasteiger charge is 2.16. The highest BCUT2D eigenvalue weighted by Crippen LogP contribution is 2.14. The van der Waals surface area contributed by atoms with E-state index in [1.165, 1.54) is 38.8 Å². The summed E-state index contributed by atoms with van der Waals surface area (Å²) in [7, 11) is 0. The molecule has 0 saturated carbocycles. The Labute approximate surface area is 82.5 Å². The third-order valence-corrected chi connectivity index (χ3v) is 2.85. The summed E-state index contributed by atoms with van der Waals surface area (Å²) in [5, 5.41) is 7.08. The normalized spacial score (nSPS) is 29.1. The lowest BCUT2D eigenvalue weighted by Gasteiger charge is -2.28. The molecule has 0 aromatic heterocycles. The molecule has 78 valence electrons. The van der Waals surface area contributed by atoms with E-state index >= 15 is 0 Å². The van der Waals surface area contributed by atoms with Gasteiger partial charge < -0.3 is 10.6 Å². The van der Waals surface area contributed by atoms with Crippen molar-refractivity contribution in [1.82, 2.24) is 10.6 Å². The minimum absolute atomic E-state index is 0.723. The molecule has 0 aliphatic carbocycles. The van der Waals surface area contributed by atoms with E-state index in [2.05, 4.69) is 24.5 Å². The van der Waals surface area contributed by atoms with Crippen LogP contribution in [0.3, 0.4) is 0 Å². The molecule has 2 heteroatoms. The number of rotatable bonds is 5. The Morgan fingerprint density at radius 3 is 3.00 bits per heavy atom. The molecule has 0 radical (unpaired) electrons. The van der Waals surface area contributed by atoms with Crippen LogP contribution in [0, 0.1) is 5.92 Å². The Kier molecular flexibility index (Phi) is 5.40. The summed E-state index contributed by atoms with van der Waals surface area (Å²) >= 11 is 0. The van der Waals surface area contributed by atoms with Gasteiger partial charge in [-0.1, -0.05) is 20.3 Å². The molecule has 1 aliphatic rings. The quantitative estimate of drug-likeness (QED) is 0.636. The van der Waals surface area contributed by atoms with Gasteiger partial charge >= 0.3 is 0 Å². The molecule has 0 aromatic rings. The summed E-state index contributed by atoms with van der Waals surface area (Å²) < 4.78 is 0. The van der Waals surface area contributed by atoms with E-state index in [0.717, 1.165) is 18.5 Å². The van der Waals surface area contributed by atoms with Gasteiger partial charge in [-0.25, -0.2) is 0 Å². The molecule has 0 aromatic carbocycles. The largest absolute Gasteiger partial charge is 0.315 e. The molecule has 2 unspecified atom stereocenters. The van der Waals surface area contributed by atoms with Crippen molar-refractivity contribution < 1.29 is 0 Å². The maximum Gasteiger partial charge on any atom is 0.0195 e. The lowest BCUT2D eigenvalue weighted by Crippen LogP contribution is -2.44. The van der Waals surface area contributed by atoms with Crippen LogP contribution in [0.1, 0.15) is 39.5 Å². The standard InChI is InChI=1S/C11H24N2/c1-3-4-6-12-9-11-8-10(2)5-7-13-11/h10-13H,3-9H2,1-2H3. The molecule has 2 atom stereocenters. The Hall–Kier alpha value is -0.0800. The first-order valence-corrected chi connectivity index (χ1v) is 5.77. The first kappa shape index (κ1) is 11.0. The topological polar surface area (TPSA) is 24.1 Å². The van der Waals surface area contributed by atoms with Crippen molar-refractivity contribution in [2.75, 3.05) is 19.6 Å². The molecule has 1 fully saturated rings. The molecule has 13 heavy (non-hydrogen) atoms. The molecule has 1 heterocycles. The lowest BCUT2D eigenvalue weighted by molar-refractivity contribution is 0.311. The van der Waals surface area contributed by atoms with Gasteiger partial charge in [0.1, 0.15) is 0 Å². The van der Waals surface area contributed by atoms with Gasteiger partial charge in [0.25, 0.3) is 0 Å². The summed E-state index contributed by atoms with van der Waals surface area (Å²) in [4.78, 5) is 0. The van der Waals surface area contributed by atoms with Crippen LogP contribution in [-0.4, -0.2) is 25.7 Å². The van der Waals surface area contributed by atoms with Gasteiger partial charge in [-0.3, -0.25) is 0 Å². The Morgan fingerprint density at radius 2 is 2.31 bits per heavy atom. The lowest BCUT2D eigenvalue weighted by atomic mass is 9.94. The maximum atomic E-state index is 3.56. The van der Waals surface area contributed by atoms with Crippen LogP contribution in [0.15, 0.2) is 0 Å². The average Bonchev–Trinajstić information content (AvgIpc) is 2.13. The van der Waals surface area contributed by atoms with Crippen molar-refractivity contribution >= 4 is 0 Å². The zero-order chi connectivity index (χ0) is 9.52. The van der Waals surface area contributed by atoms with E-state index < -0.39 is 0 Å². The van der Waals surface area contributed by atoms with E-state index in [9.17, 15) is 0 Å². The molecule has 2 N–H and O–H groups in total. The molecule has 0 amide bonds. The minimum Gasteiger partial charge on any atom is -0.315 e. The Morgan fingerprint density at radius 1 is 1.46 bits per heavy atom. The molecule has 0 bridgehead atoms. The van der Waals surface area contributed by atoms with Gasteiger partial charge in [0.2, 0.25) is 0 Å². The van der Waals surface area contributed by atoms with Crippen molar-refractivity contribution in [3.63, 3.8) is 0 Å². The van der Waals surface area contributed by atoms with Crippen LogP contribution in [0.2, 0.25) is 0 Å². The van der Waals surface area contributed by atoms with Crippen LogP contribution >= 0.6 is 0 Å². The van der Waals surface area contributed by atoms with Crippen molar-refractivity contribution in [2.45, 2.75) is 45.6 Å². The minimum atomic E-state index is 0.723. The third kappa shape index (κ3) is 4.63. The first-order chi connectivity index (χ1) is 6.33. The predicted octanol–water partition coefficient (Wildman–Crippen LogP) is 1.76. The Bertz CT molecular complexity index is 125. The van der Waals surface area contributed by atoms with Crippen molar-refractivity contribution in [3.8, 4) is 0 Å². The number of hydrogen-bond donors (Lipinski definition) is 2. The second-order valence-corrected chi connectivity index (χ2v) is 4.34.